The molecule has 1 aliphatic heterocycles. The molecule has 1 fully saturated rings. The van der Waals surface area contributed by atoms with E-state index < -0.39 is 296 Å². The average molecular weight is 1550 g/mol. The van der Waals surface area contributed by atoms with Crippen molar-refractivity contribution in [3.05, 3.63) is 159 Å². The highest BCUT2D eigenvalue weighted by Gasteiger charge is 2.55. The summed E-state index contributed by atoms with van der Waals surface area (Å²) in [4.78, 5) is 127. The summed E-state index contributed by atoms with van der Waals surface area (Å²) in [5, 5.41) is 239. The fourth-order valence-corrected chi connectivity index (χ4v) is 9.90. The number of benzene rings is 9. The Labute approximate surface area is 611 Å². The van der Waals surface area contributed by atoms with Crippen LogP contribution in [0.4, 0.5) is 0 Å². The fourth-order valence-electron chi connectivity index (χ4n) is 9.90. The largest absolute Gasteiger partial charge is 0.504 e. The Hall–Kier alpha value is -16.4. The zero-order valence-corrected chi connectivity index (χ0v) is 54.5. The smallest absolute Gasteiger partial charge is 0.343 e. The van der Waals surface area contributed by atoms with Crippen molar-refractivity contribution in [2.24, 2.45) is 0 Å². The summed E-state index contributed by atoms with van der Waals surface area (Å²) in [5.41, 5.74) is -8.56. The van der Waals surface area contributed by atoms with Gasteiger partial charge in [0.15, 0.2) is 144 Å². The van der Waals surface area contributed by atoms with Gasteiger partial charge in [0.25, 0.3) is 0 Å². The first kappa shape index (κ1) is 77.2. The molecule has 0 aliphatic carbocycles. The second kappa shape index (κ2) is 30.3. The highest BCUT2D eigenvalue weighted by molar-refractivity contribution is 5.99. The van der Waals surface area contributed by atoms with Gasteiger partial charge >= 0.3 is 53.7 Å². The van der Waals surface area contributed by atoms with Crippen molar-refractivity contribution in [1.82, 2.24) is 0 Å². The van der Waals surface area contributed by atoms with Crippen LogP contribution in [-0.2, 0) is 28.4 Å². The highest BCUT2D eigenvalue weighted by atomic mass is 16.7. The topological polar surface area (TPSA) is 711 Å². The molecule has 0 spiro atoms. The number of carbonyl (C=O) groups is 9. The van der Waals surface area contributed by atoms with Gasteiger partial charge in [0.1, 0.15) is 12.7 Å². The summed E-state index contributed by atoms with van der Waals surface area (Å²) < 4.78 is 54.9. The molecule has 1 heterocycles. The molecule has 23 N–H and O–H groups in total. The first-order chi connectivity index (χ1) is 52.2. The van der Waals surface area contributed by atoms with Crippen molar-refractivity contribution in [3.8, 4) is 155 Å². The molecule has 0 radical (unpaired) electrons. The van der Waals surface area contributed by atoms with E-state index in [1.54, 1.807) is 0 Å². The number of hydrogen-bond acceptors (Lipinski definition) is 42. The van der Waals surface area contributed by atoms with Crippen LogP contribution in [0.15, 0.2) is 109 Å². The molecular formula is C69H48O42. The Morgan fingerprint density at radius 3 is 0.667 bits per heavy atom. The van der Waals surface area contributed by atoms with E-state index in [-0.39, 0.29) is 0 Å². The van der Waals surface area contributed by atoms with Gasteiger partial charge in [0.2, 0.25) is 35.4 Å². The maximum atomic E-state index is 15.1. The Balaban J connectivity index is 1.13. The van der Waals surface area contributed by atoms with Crippen LogP contribution >= 0.6 is 0 Å². The number of rotatable bonds is 19. The number of phenols is 23. The lowest BCUT2D eigenvalue weighted by molar-refractivity contribution is -0.282. The number of ether oxygens (including phenoxy) is 10. The van der Waals surface area contributed by atoms with E-state index in [0.717, 1.165) is 0 Å². The SMILES string of the molecule is O=C(OC[C@H]1O[C@H](OC(=O)c2cc(O)c(O)c(O)c2)[C@H](OC(=O)c2cc(O)c(O)c(OC(=O)c3cc(O)c(O)c(O)c3)c2)[C@@H](OC(=O)c2cc(O)c(O)c(OC(=O)c3cc(O)c(O)c(O)c3)c2)[C@@H]1OC(=O)c1cc(O)c(O)c(OC(=O)c2cc(O)c(O)c(O)c2)c1)c1cc(O)c(O)c(OC(=O)c2cc(O)c(O)c(O)c2)c1. The summed E-state index contributed by atoms with van der Waals surface area (Å²) in [6.45, 7) is -1.63. The molecule has 0 bridgehead atoms. The third-order valence-electron chi connectivity index (χ3n) is 15.4. The molecule has 1 saturated heterocycles. The molecule has 1 aliphatic rings. The minimum absolute atomic E-state index is 0.331. The van der Waals surface area contributed by atoms with Gasteiger partial charge in [0, 0.05) is 0 Å². The Kier molecular flexibility index (Phi) is 21.1. The molecule has 576 valence electrons. The zero-order chi connectivity index (χ0) is 81.4. The number of phenolic OH excluding ortho intramolecular Hbond substituents is 23. The molecule has 10 rings (SSSR count). The summed E-state index contributed by atoms with van der Waals surface area (Å²) in [6.07, 6.45) is -14.5. The van der Waals surface area contributed by atoms with Gasteiger partial charge in [-0.25, -0.2) is 43.2 Å². The molecule has 0 saturated carbocycles. The molecule has 5 atom stereocenters. The van der Waals surface area contributed by atoms with Crippen molar-refractivity contribution in [2.45, 2.75) is 30.7 Å². The maximum absolute atomic E-state index is 15.1. The number of carbonyl (C=O) groups excluding carboxylic acids is 9. The number of esters is 9. The van der Waals surface area contributed by atoms with Crippen LogP contribution < -0.4 is 18.9 Å². The lowest BCUT2D eigenvalue weighted by Crippen LogP contribution is -2.63. The van der Waals surface area contributed by atoms with Crippen LogP contribution in [0.25, 0.3) is 0 Å². The van der Waals surface area contributed by atoms with E-state index in [1.165, 1.54) is 0 Å². The fraction of sp³-hybridized carbons (Fsp3) is 0.0870. The second-order valence-electron chi connectivity index (χ2n) is 22.9. The second-order valence-corrected chi connectivity index (χ2v) is 22.9. The van der Waals surface area contributed by atoms with Crippen LogP contribution in [0.1, 0.15) is 93.2 Å². The van der Waals surface area contributed by atoms with Gasteiger partial charge in [-0.15, -0.1) is 0 Å². The highest BCUT2D eigenvalue weighted by Crippen LogP contribution is 2.47. The molecule has 9 aromatic rings. The Bertz CT molecular complexity index is 5290. The third-order valence-corrected chi connectivity index (χ3v) is 15.4. The summed E-state index contributed by atoms with van der Waals surface area (Å²) in [6, 6.07) is 8.15. The van der Waals surface area contributed by atoms with Crippen LogP contribution in [0, 0.1) is 0 Å². The summed E-state index contributed by atoms with van der Waals surface area (Å²) in [7, 11) is 0. The van der Waals surface area contributed by atoms with Gasteiger partial charge in [-0.3, -0.25) is 0 Å². The van der Waals surface area contributed by atoms with Gasteiger partial charge in [-0.05, 0) is 109 Å². The molecule has 111 heavy (non-hydrogen) atoms. The predicted octanol–water partition coefficient (Wildman–Crippen LogP) is 4.21. The molecule has 42 heteroatoms. The lowest BCUT2D eigenvalue weighted by atomic mass is 9.97. The van der Waals surface area contributed by atoms with Gasteiger partial charge in [-0.2, -0.15) is 0 Å². The molecule has 0 aromatic heterocycles. The number of hydrogen-bond donors (Lipinski definition) is 23. The Morgan fingerprint density at radius 2 is 0.414 bits per heavy atom. The minimum atomic E-state index is -3.01. The monoisotopic (exact) mass is 1550 g/mol. The molecule has 0 amide bonds. The number of aromatic hydroxyl groups is 23. The minimum Gasteiger partial charge on any atom is -0.504 e. The third kappa shape index (κ3) is 16.1. The van der Waals surface area contributed by atoms with E-state index in [2.05, 4.69) is 0 Å². The van der Waals surface area contributed by atoms with Crippen molar-refractivity contribution in [1.29, 1.82) is 0 Å². The van der Waals surface area contributed by atoms with Crippen LogP contribution in [0.2, 0.25) is 0 Å². The normalized spacial score (nSPS) is 15.0. The van der Waals surface area contributed by atoms with E-state index in [0.29, 0.717) is 109 Å². The molecular weight excluding hydrogens is 1500 g/mol. The van der Waals surface area contributed by atoms with E-state index in [9.17, 15) is 156 Å². The van der Waals surface area contributed by atoms with Crippen molar-refractivity contribution < 1.29 is 208 Å². The zero-order valence-electron chi connectivity index (χ0n) is 54.5. The van der Waals surface area contributed by atoms with Gasteiger partial charge in [0.05, 0.1) is 50.1 Å². The summed E-state index contributed by atoms with van der Waals surface area (Å²) >= 11 is 0. The molecule has 9 aromatic carbocycles. The van der Waals surface area contributed by atoms with Crippen molar-refractivity contribution >= 4 is 53.7 Å². The summed E-state index contributed by atoms with van der Waals surface area (Å²) in [5.74, 6) is -49.2. The van der Waals surface area contributed by atoms with Crippen LogP contribution in [0.3, 0.4) is 0 Å². The van der Waals surface area contributed by atoms with Gasteiger partial charge in [-0.1, -0.05) is 0 Å². The molecule has 42 nitrogen and oxygen atoms in total. The quantitative estimate of drug-likeness (QED) is 0.0233. The lowest BCUT2D eigenvalue weighted by Gasteiger charge is -2.43. The first-order valence-electron chi connectivity index (χ1n) is 30.2. The van der Waals surface area contributed by atoms with E-state index >= 15 is 4.79 Å². The molecule has 0 unspecified atom stereocenters. The Morgan fingerprint density at radius 1 is 0.225 bits per heavy atom. The standard InChI is InChI=1S/C69H48O42/c70-29-1-20(2-30(71)48(29)84)61(94)103-43-15-25(11-39(80)53(43)89)60(93)102-19-47-57(108-65(98)26-12-40(81)54(90)44(16-26)104-62(95)21-3-31(72)49(85)32(73)4-21)58(109-66(99)27-13-41(82)55(91)45(17-27)105-63(96)22-5-33(74)50(86)34(75)6-22)59(69(107-47)111-68(101)24-9-37(78)52(88)38(79)10-24)110-67(100)28-14-42(83)56(92)46(18-28)106-64(97)23-7-35(76)51(87)36(77)8-23/h1-18,47,57-59,69-92H,19H2/t47-,57-,58+,59-,69-/m1/s1. The van der Waals surface area contributed by atoms with Crippen molar-refractivity contribution in [3.63, 3.8) is 0 Å². The van der Waals surface area contributed by atoms with Crippen LogP contribution in [0.5, 0.6) is 155 Å². The first-order valence-corrected chi connectivity index (χ1v) is 30.2. The van der Waals surface area contributed by atoms with E-state index in [1.807, 2.05) is 0 Å². The predicted molar refractivity (Wildman–Crippen MR) is 348 cm³/mol. The van der Waals surface area contributed by atoms with E-state index in [4.69, 9.17) is 47.4 Å². The average Bonchev–Trinajstić information content (AvgIpc) is 0.766. The van der Waals surface area contributed by atoms with Crippen molar-refractivity contribution in [2.75, 3.05) is 6.61 Å². The maximum Gasteiger partial charge on any atom is 0.343 e. The van der Waals surface area contributed by atoms with Gasteiger partial charge < -0.3 is 165 Å². The van der Waals surface area contributed by atoms with Crippen LogP contribution in [-0.4, -0.2) is 208 Å².